The van der Waals surface area contributed by atoms with Gasteiger partial charge in [-0.15, -0.1) is 0 Å². The maximum atomic E-state index is 12.4. The lowest BCUT2D eigenvalue weighted by atomic mass is 9.85. The van der Waals surface area contributed by atoms with E-state index < -0.39 is 6.61 Å². The molecule has 0 aliphatic heterocycles. The van der Waals surface area contributed by atoms with Gasteiger partial charge >= 0.3 is 6.61 Å². The summed E-state index contributed by atoms with van der Waals surface area (Å²) in [5.41, 5.74) is 0.602. The van der Waals surface area contributed by atoms with Gasteiger partial charge in [0.15, 0.2) is 0 Å². The predicted octanol–water partition coefficient (Wildman–Crippen LogP) is 3.58. The van der Waals surface area contributed by atoms with E-state index in [-0.39, 0.29) is 24.3 Å². The lowest BCUT2D eigenvalue weighted by molar-refractivity contribution is -0.0505. The third-order valence-corrected chi connectivity index (χ3v) is 4.17. The second-order valence-corrected chi connectivity index (χ2v) is 5.78. The SMILES string of the molecule is OCC1CCCCC1NCc1cc(Cl)ccc1OC(F)F. The van der Waals surface area contributed by atoms with Gasteiger partial charge in [-0.3, -0.25) is 0 Å². The van der Waals surface area contributed by atoms with Gasteiger partial charge in [0.05, 0.1) is 0 Å². The molecule has 2 N–H and O–H groups in total. The number of hydrogen-bond acceptors (Lipinski definition) is 3. The van der Waals surface area contributed by atoms with Crippen molar-refractivity contribution in [2.75, 3.05) is 6.61 Å². The molecular weight excluding hydrogens is 300 g/mol. The zero-order valence-corrected chi connectivity index (χ0v) is 12.5. The number of nitrogens with one attached hydrogen (secondary N) is 1. The molecule has 1 fully saturated rings. The summed E-state index contributed by atoms with van der Waals surface area (Å²) >= 11 is 5.92. The lowest BCUT2D eigenvalue weighted by Crippen LogP contribution is -2.39. The molecule has 6 heteroatoms. The molecule has 1 aromatic rings. The fourth-order valence-corrected chi connectivity index (χ4v) is 3.03. The van der Waals surface area contributed by atoms with Crippen molar-refractivity contribution in [3.8, 4) is 5.75 Å². The fourth-order valence-electron chi connectivity index (χ4n) is 2.83. The first kappa shape index (κ1) is 16.5. The minimum Gasteiger partial charge on any atom is -0.434 e. The number of hydrogen-bond donors (Lipinski definition) is 2. The molecule has 2 rings (SSSR count). The molecule has 21 heavy (non-hydrogen) atoms. The summed E-state index contributed by atoms with van der Waals surface area (Å²) in [5, 5.41) is 13.2. The van der Waals surface area contributed by atoms with Crippen molar-refractivity contribution in [2.45, 2.75) is 44.9 Å². The Morgan fingerprint density at radius 3 is 2.81 bits per heavy atom. The molecule has 2 unspecified atom stereocenters. The quantitative estimate of drug-likeness (QED) is 0.842. The second kappa shape index (κ2) is 7.92. The molecule has 1 aliphatic rings. The van der Waals surface area contributed by atoms with Crippen LogP contribution in [0.5, 0.6) is 5.75 Å². The summed E-state index contributed by atoms with van der Waals surface area (Å²) in [4.78, 5) is 0. The highest BCUT2D eigenvalue weighted by Gasteiger charge is 2.24. The highest BCUT2D eigenvalue weighted by Crippen LogP contribution is 2.27. The zero-order valence-electron chi connectivity index (χ0n) is 11.7. The number of halogens is 3. The molecular formula is C15H20ClF2NO2. The van der Waals surface area contributed by atoms with E-state index in [1.807, 2.05) is 0 Å². The Morgan fingerprint density at radius 1 is 1.33 bits per heavy atom. The van der Waals surface area contributed by atoms with Crippen LogP contribution >= 0.6 is 11.6 Å². The molecule has 0 saturated heterocycles. The third kappa shape index (κ3) is 4.80. The monoisotopic (exact) mass is 319 g/mol. The van der Waals surface area contributed by atoms with Gasteiger partial charge in [0.1, 0.15) is 5.75 Å². The van der Waals surface area contributed by atoms with Crippen LogP contribution in [0.3, 0.4) is 0 Å². The van der Waals surface area contributed by atoms with Crippen molar-refractivity contribution in [3.63, 3.8) is 0 Å². The summed E-state index contributed by atoms with van der Waals surface area (Å²) in [6, 6.07) is 4.81. The molecule has 0 aromatic heterocycles. The molecule has 0 bridgehead atoms. The van der Waals surface area contributed by atoms with Crippen LogP contribution in [-0.2, 0) is 6.54 Å². The van der Waals surface area contributed by atoms with Gasteiger partial charge in [-0.1, -0.05) is 24.4 Å². The summed E-state index contributed by atoms with van der Waals surface area (Å²) in [6.45, 7) is -2.32. The molecule has 2 atom stereocenters. The maximum absolute atomic E-state index is 12.4. The van der Waals surface area contributed by atoms with Gasteiger partial charge in [-0.25, -0.2) is 0 Å². The summed E-state index contributed by atoms with van der Waals surface area (Å²) in [7, 11) is 0. The molecule has 1 saturated carbocycles. The van der Waals surface area contributed by atoms with Crippen LogP contribution in [0.4, 0.5) is 8.78 Å². The van der Waals surface area contributed by atoms with Crippen LogP contribution in [-0.4, -0.2) is 24.4 Å². The van der Waals surface area contributed by atoms with E-state index in [0.717, 1.165) is 25.7 Å². The van der Waals surface area contributed by atoms with Gasteiger partial charge in [0.25, 0.3) is 0 Å². The van der Waals surface area contributed by atoms with Crippen molar-refractivity contribution in [2.24, 2.45) is 5.92 Å². The van der Waals surface area contributed by atoms with Gasteiger partial charge in [-0.05, 0) is 37.0 Å². The maximum Gasteiger partial charge on any atom is 0.387 e. The van der Waals surface area contributed by atoms with E-state index in [1.54, 1.807) is 6.07 Å². The highest BCUT2D eigenvalue weighted by molar-refractivity contribution is 6.30. The third-order valence-electron chi connectivity index (χ3n) is 3.94. The number of aliphatic hydroxyl groups is 1. The predicted molar refractivity (Wildman–Crippen MR) is 77.8 cm³/mol. The average Bonchev–Trinajstić information content (AvgIpc) is 2.47. The van der Waals surface area contributed by atoms with E-state index in [0.29, 0.717) is 17.1 Å². The van der Waals surface area contributed by atoms with E-state index in [2.05, 4.69) is 10.1 Å². The number of alkyl halides is 2. The van der Waals surface area contributed by atoms with Crippen molar-refractivity contribution in [1.82, 2.24) is 5.32 Å². The highest BCUT2D eigenvalue weighted by atomic mass is 35.5. The Bertz CT molecular complexity index is 459. The molecule has 1 aromatic carbocycles. The largest absolute Gasteiger partial charge is 0.434 e. The number of rotatable bonds is 6. The number of ether oxygens (including phenoxy) is 1. The molecule has 0 amide bonds. The van der Waals surface area contributed by atoms with Crippen molar-refractivity contribution in [3.05, 3.63) is 28.8 Å². The van der Waals surface area contributed by atoms with E-state index in [4.69, 9.17) is 11.6 Å². The normalized spacial score (nSPS) is 22.5. The van der Waals surface area contributed by atoms with Gasteiger partial charge in [0, 0.05) is 29.8 Å². The first-order valence-electron chi connectivity index (χ1n) is 7.17. The average molecular weight is 320 g/mol. The molecule has 3 nitrogen and oxygen atoms in total. The first-order chi connectivity index (χ1) is 10.1. The molecule has 118 valence electrons. The van der Waals surface area contributed by atoms with E-state index >= 15 is 0 Å². The Morgan fingerprint density at radius 2 is 2.10 bits per heavy atom. The van der Waals surface area contributed by atoms with Gasteiger partial charge < -0.3 is 15.2 Å². The fraction of sp³-hybridized carbons (Fsp3) is 0.600. The minimum atomic E-state index is -2.86. The van der Waals surface area contributed by atoms with Crippen LogP contribution in [0.1, 0.15) is 31.2 Å². The molecule has 0 spiro atoms. The van der Waals surface area contributed by atoms with Crippen molar-refractivity contribution in [1.29, 1.82) is 0 Å². The summed E-state index contributed by atoms with van der Waals surface area (Å²) < 4.78 is 29.3. The number of benzene rings is 1. The van der Waals surface area contributed by atoms with E-state index in [1.165, 1.54) is 12.1 Å². The van der Waals surface area contributed by atoms with E-state index in [9.17, 15) is 13.9 Å². The lowest BCUT2D eigenvalue weighted by Gasteiger charge is -2.31. The number of aliphatic hydroxyl groups excluding tert-OH is 1. The van der Waals surface area contributed by atoms with Gasteiger partial charge in [0.2, 0.25) is 0 Å². The van der Waals surface area contributed by atoms with Crippen LogP contribution < -0.4 is 10.1 Å². The second-order valence-electron chi connectivity index (χ2n) is 5.35. The van der Waals surface area contributed by atoms with Crippen LogP contribution in [0, 0.1) is 5.92 Å². The van der Waals surface area contributed by atoms with Crippen LogP contribution in [0.25, 0.3) is 0 Å². The first-order valence-corrected chi connectivity index (χ1v) is 7.55. The summed E-state index contributed by atoms with van der Waals surface area (Å²) in [5.74, 6) is 0.357. The topological polar surface area (TPSA) is 41.5 Å². The molecule has 0 radical (unpaired) electrons. The Balaban J connectivity index is 2.02. The van der Waals surface area contributed by atoms with Crippen molar-refractivity contribution < 1.29 is 18.6 Å². The van der Waals surface area contributed by atoms with Crippen molar-refractivity contribution >= 4 is 11.6 Å². The zero-order chi connectivity index (χ0) is 15.2. The summed E-state index contributed by atoms with van der Waals surface area (Å²) in [6.07, 6.45) is 4.21. The molecule has 0 heterocycles. The van der Waals surface area contributed by atoms with Crippen LogP contribution in [0.15, 0.2) is 18.2 Å². The Kier molecular flexibility index (Phi) is 6.21. The smallest absolute Gasteiger partial charge is 0.387 e. The standard InChI is InChI=1S/C15H20ClF2NO2/c16-12-5-6-14(21-15(17)18)11(7-12)8-19-13-4-2-1-3-10(13)9-20/h5-7,10,13,15,19-20H,1-4,8-9H2. The minimum absolute atomic E-state index is 0.137. The van der Waals surface area contributed by atoms with Gasteiger partial charge in [-0.2, -0.15) is 8.78 Å². The Labute approximate surface area is 128 Å². The Hall–Kier alpha value is -0.910. The van der Waals surface area contributed by atoms with Crippen LogP contribution in [0.2, 0.25) is 5.02 Å². The molecule has 1 aliphatic carbocycles.